The summed E-state index contributed by atoms with van der Waals surface area (Å²) in [5.41, 5.74) is 0. The normalized spacial score (nSPS) is 28.3. The summed E-state index contributed by atoms with van der Waals surface area (Å²) >= 11 is 53.6. The second-order valence-electron chi connectivity index (χ2n) is 5.52. The first kappa shape index (κ1) is 29.5. The minimum Gasteiger partial charge on any atom is -0.411 e. The summed E-state index contributed by atoms with van der Waals surface area (Å²) < 4.78 is 8.24. The van der Waals surface area contributed by atoms with Crippen molar-refractivity contribution in [1.29, 1.82) is 0 Å². The van der Waals surface area contributed by atoms with Gasteiger partial charge in [0.2, 0.25) is 7.59 Å². The molecule has 0 amide bonds. The van der Waals surface area contributed by atoms with Crippen LogP contribution in [0, 0.1) is 0 Å². The van der Waals surface area contributed by atoms with Crippen molar-refractivity contribution >= 4 is 128 Å². The molecule has 4 atom stereocenters. The van der Waals surface area contributed by atoms with Crippen molar-refractivity contribution in [2.75, 3.05) is 13.1 Å². The monoisotopic (exact) mass is 620 g/mol. The third-order valence-electron chi connectivity index (χ3n) is 3.23. The first-order valence-electron chi connectivity index (χ1n) is 7.04. The summed E-state index contributed by atoms with van der Waals surface area (Å²) in [5, 5.41) is 0. The second kappa shape index (κ2) is 11.9. The van der Waals surface area contributed by atoms with Gasteiger partial charge in [-0.1, -0.05) is 78.2 Å². The smallest absolute Gasteiger partial charge is 0.411 e. The molecule has 2 saturated heterocycles. The number of thiocarbonyl (C=S) groups is 2. The van der Waals surface area contributed by atoms with Crippen molar-refractivity contribution in [2.45, 2.75) is 46.1 Å². The molecule has 2 heterocycles. The van der Waals surface area contributed by atoms with Crippen LogP contribution in [0.5, 0.6) is 0 Å². The zero-order valence-corrected chi connectivity index (χ0v) is 24.8. The number of ether oxygens (including phenoxy) is 2. The van der Waals surface area contributed by atoms with Gasteiger partial charge >= 0.3 is 19.5 Å². The summed E-state index contributed by atoms with van der Waals surface area (Å²) in [5.74, 6) is 0. The largest absolute Gasteiger partial charge is 2.00 e. The third kappa shape index (κ3) is 9.26. The first-order valence-corrected chi connectivity index (χ1v) is 10.9. The van der Waals surface area contributed by atoms with Gasteiger partial charge in [-0.15, -0.1) is 0 Å². The Morgan fingerprint density at radius 3 is 1.22 bits per heavy atom. The average molecular weight is 625 g/mol. The molecule has 2 aliphatic rings. The zero-order chi connectivity index (χ0) is 20.4. The molecular weight excluding hydrogens is 611 g/mol. The van der Waals surface area contributed by atoms with Crippen LogP contribution in [0.2, 0.25) is 0 Å². The average Bonchev–Trinajstić information content (AvgIpc) is 3.01. The fourth-order valence-corrected chi connectivity index (χ4v) is 3.96. The van der Waals surface area contributed by atoms with Gasteiger partial charge in [0.05, 0.1) is 12.2 Å². The van der Waals surface area contributed by atoms with Gasteiger partial charge in [-0.3, -0.25) is 0 Å². The molecule has 0 aromatic carbocycles. The van der Waals surface area contributed by atoms with Gasteiger partial charge in [-0.25, -0.2) is 0 Å². The van der Waals surface area contributed by atoms with E-state index in [2.05, 4.69) is 0 Å². The van der Waals surface area contributed by atoms with Crippen LogP contribution < -0.4 is 0 Å². The van der Waals surface area contributed by atoms with E-state index < -0.39 is 20.0 Å². The third-order valence-corrected chi connectivity index (χ3v) is 5.28. The minimum atomic E-state index is -1.52. The van der Waals surface area contributed by atoms with Crippen LogP contribution in [0.1, 0.15) is 13.8 Å². The predicted molar refractivity (Wildman–Crippen MR) is 123 cm³/mol. The van der Waals surface area contributed by atoms with E-state index in [-0.39, 0.29) is 40.3 Å². The molecule has 0 bridgehead atoms. The summed E-state index contributed by atoms with van der Waals surface area (Å²) in [6.07, 6.45) is -1.39. The quantitative estimate of drug-likeness (QED) is 0.169. The SMILES string of the molecule is CC1CN(C(=S)[S-])C(C(Cl)(Cl)Cl)O1.CC1CN(C(=S)[S-])C(C(Cl)(Cl)Cl)O1.[Zn+2]. The molecule has 15 heteroatoms. The second-order valence-corrected chi connectivity index (χ2v) is 12.3. The van der Waals surface area contributed by atoms with Gasteiger partial charge in [0.15, 0.2) is 12.5 Å². The molecule has 0 saturated carbocycles. The van der Waals surface area contributed by atoms with Gasteiger partial charge in [-0.2, -0.15) is 0 Å². The van der Waals surface area contributed by atoms with Crippen LogP contribution >= 0.6 is 94.0 Å². The van der Waals surface area contributed by atoms with Crippen LogP contribution in [0.4, 0.5) is 0 Å². The molecule has 2 fully saturated rings. The molecule has 152 valence electrons. The van der Waals surface area contributed by atoms with E-state index in [1.54, 1.807) is 9.80 Å². The molecule has 2 aliphatic heterocycles. The van der Waals surface area contributed by atoms with E-state index in [1.807, 2.05) is 13.8 Å². The van der Waals surface area contributed by atoms with Crippen molar-refractivity contribution < 1.29 is 29.0 Å². The minimum absolute atomic E-state index is 0. The van der Waals surface area contributed by atoms with Crippen molar-refractivity contribution in [3.8, 4) is 0 Å². The van der Waals surface area contributed by atoms with Crippen LogP contribution in [0.3, 0.4) is 0 Å². The molecule has 0 spiro atoms. The van der Waals surface area contributed by atoms with E-state index in [9.17, 15) is 0 Å². The summed E-state index contributed by atoms with van der Waals surface area (Å²) in [4.78, 5) is 3.20. The summed E-state index contributed by atoms with van der Waals surface area (Å²) in [6, 6.07) is 0. The summed E-state index contributed by atoms with van der Waals surface area (Å²) in [7, 11) is 0. The predicted octanol–water partition coefficient (Wildman–Crippen LogP) is 4.47. The molecule has 27 heavy (non-hydrogen) atoms. The Balaban J connectivity index is 0.000000483. The fraction of sp³-hybridized carbons (Fsp3) is 0.833. The molecule has 0 aromatic rings. The first-order chi connectivity index (χ1) is 11.6. The van der Waals surface area contributed by atoms with Crippen LogP contribution in [-0.4, -0.2) is 63.8 Å². The number of nitrogens with zero attached hydrogens (tertiary/aromatic N) is 2. The van der Waals surface area contributed by atoms with E-state index in [4.69, 9.17) is 129 Å². The Morgan fingerprint density at radius 1 is 0.815 bits per heavy atom. The Kier molecular flexibility index (Phi) is 13.0. The maximum Gasteiger partial charge on any atom is 2.00 e. The number of rotatable bonds is 0. The molecule has 0 aromatic heterocycles. The van der Waals surface area contributed by atoms with Crippen molar-refractivity contribution in [1.82, 2.24) is 9.80 Å². The van der Waals surface area contributed by atoms with E-state index in [0.29, 0.717) is 13.1 Å². The van der Waals surface area contributed by atoms with Crippen molar-refractivity contribution in [3.63, 3.8) is 0 Å². The van der Waals surface area contributed by atoms with Gasteiger partial charge in [0.1, 0.15) is 0 Å². The van der Waals surface area contributed by atoms with E-state index >= 15 is 0 Å². The summed E-state index contributed by atoms with van der Waals surface area (Å²) in [6.45, 7) is 4.88. The number of hydrogen-bond donors (Lipinski definition) is 0. The molecule has 0 radical (unpaired) electrons. The molecule has 4 unspecified atom stereocenters. The van der Waals surface area contributed by atoms with Crippen LogP contribution in [-0.2, 0) is 54.2 Å². The van der Waals surface area contributed by atoms with E-state index in [1.165, 1.54) is 0 Å². The Hall–Kier alpha value is 2.50. The fourth-order valence-electron chi connectivity index (χ4n) is 2.27. The Bertz CT molecular complexity index is 493. The zero-order valence-electron chi connectivity index (χ0n) is 14.0. The molecule has 4 nitrogen and oxygen atoms in total. The number of alkyl halides is 6. The maximum atomic E-state index is 5.70. The van der Waals surface area contributed by atoms with Gasteiger partial charge in [0, 0.05) is 13.1 Å². The maximum absolute atomic E-state index is 5.70. The van der Waals surface area contributed by atoms with E-state index in [0.717, 1.165) is 0 Å². The van der Waals surface area contributed by atoms with Gasteiger partial charge in [-0.05, 0) is 13.8 Å². The molecule has 0 aliphatic carbocycles. The number of halogens is 6. The standard InChI is InChI=1S/2C6H8Cl3NOS2.Zn/c2*1-3-2-10(5(12)13)4(11-3)6(7,8)9;/h2*3-4H,2H2,1H3,(H,12,13);/q;;+2/p-2. The Labute approximate surface area is 223 Å². The van der Waals surface area contributed by atoms with Crippen molar-refractivity contribution in [2.24, 2.45) is 0 Å². The molecular formula is C12H14Cl6N2O2S4Zn. The van der Waals surface area contributed by atoms with Gasteiger partial charge < -0.3 is 69.0 Å². The van der Waals surface area contributed by atoms with Crippen molar-refractivity contribution in [3.05, 3.63) is 0 Å². The topological polar surface area (TPSA) is 24.9 Å². The van der Waals surface area contributed by atoms with Crippen LogP contribution in [0.25, 0.3) is 0 Å². The molecule has 0 N–H and O–H groups in total. The Morgan fingerprint density at radius 2 is 1.07 bits per heavy atom. The number of hydrogen-bond acceptors (Lipinski definition) is 6. The van der Waals surface area contributed by atoms with Crippen LogP contribution in [0.15, 0.2) is 0 Å². The molecule has 2 rings (SSSR count). The van der Waals surface area contributed by atoms with Gasteiger partial charge in [0.25, 0.3) is 0 Å².